The summed E-state index contributed by atoms with van der Waals surface area (Å²) in [5.74, 6) is 0.413. The molecule has 0 amide bonds. The van der Waals surface area contributed by atoms with E-state index >= 15 is 0 Å². The van der Waals surface area contributed by atoms with Crippen LogP contribution in [0.15, 0.2) is 24.3 Å². The van der Waals surface area contributed by atoms with Gasteiger partial charge >= 0.3 is 0 Å². The highest BCUT2D eigenvalue weighted by atomic mass is 16.3. The lowest BCUT2D eigenvalue weighted by Crippen LogP contribution is -2.52. The summed E-state index contributed by atoms with van der Waals surface area (Å²) in [6, 6.07) is 8.55. The van der Waals surface area contributed by atoms with Crippen LogP contribution < -0.4 is 0 Å². The van der Waals surface area contributed by atoms with Gasteiger partial charge in [-0.1, -0.05) is 25.1 Å². The molecule has 2 rings (SSSR count). The summed E-state index contributed by atoms with van der Waals surface area (Å²) in [5, 5.41) is 9.94. The molecule has 1 aliphatic heterocycles. The van der Waals surface area contributed by atoms with Crippen LogP contribution >= 0.6 is 0 Å². The van der Waals surface area contributed by atoms with E-state index in [9.17, 15) is 5.11 Å². The molecule has 1 heterocycles. The fourth-order valence-electron chi connectivity index (χ4n) is 2.88. The zero-order valence-corrected chi connectivity index (χ0v) is 11.6. The van der Waals surface area contributed by atoms with E-state index in [1.54, 1.807) is 6.07 Å². The first-order valence-electron chi connectivity index (χ1n) is 6.89. The molecule has 100 valence electrons. The molecule has 1 aliphatic rings. The third-order valence-electron chi connectivity index (χ3n) is 4.14. The Bertz CT molecular complexity index is 394. The van der Waals surface area contributed by atoms with Gasteiger partial charge in [-0.15, -0.1) is 0 Å². The number of hydrogen-bond acceptors (Lipinski definition) is 3. The molecule has 1 N–H and O–H groups in total. The monoisotopic (exact) mass is 248 g/mol. The van der Waals surface area contributed by atoms with Crippen molar-refractivity contribution in [3.8, 4) is 5.75 Å². The Hall–Kier alpha value is -1.06. The van der Waals surface area contributed by atoms with Crippen molar-refractivity contribution in [1.82, 2.24) is 9.80 Å². The summed E-state index contributed by atoms with van der Waals surface area (Å²) < 4.78 is 0. The number of likely N-dealkylation sites (N-methyl/N-ethyl adjacent to an activating group) is 1. The van der Waals surface area contributed by atoms with Crippen LogP contribution in [0.2, 0.25) is 0 Å². The molecule has 2 unspecified atom stereocenters. The highest BCUT2D eigenvalue weighted by Gasteiger charge is 2.26. The predicted molar refractivity (Wildman–Crippen MR) is 74.8 cm³/mol. The van der Waals surface area contributed by atoms with Gasteiger partial charge in [-0.25, -0.2) is 0 Å². The minimum Gasteiger partial charge on any atom is -0.508 e. The molecule has 1 aromatic rings. The highest BCUT2D eigenvalue weighted by Crippen LogP contribution is 2.29. The van der Waals surface area contributed by atoms with Crippen molar-refractivity contribution in [3.63, 3.8) is 0 Å². The van der Waals surface area contributed by atoms with E-state index in [1.165, 1.54) is 0 Å². The summed E-state index contributed by atoms with van der Waals surface area (Å²) >= 11 is 0. The summed E-state index contributed by atoms with van der Waals surface area (Å²) in [5.41, 5.74) is 1.04. The molecule has 0 spiro atoms. The first-order valence-corrected chi connectivity index (χ1v) is 6.89. The Morgan fingerprint density at radius 1 is 1.33 bits per heavy atom. The maximum atomic E-state index is 9.94. The van der Waals surface area contributed by atoms with Gasteiger partial charge in [0.1, 0.15) is 5.75 Å². The van der Waals surface area contributed by atoms with Crippen molar-refractivity contribution in [2.24, 2.45) is 0 Å². The van der Waals surface area contributed by atoms with Gasteiger partial charge in [0.15, 0.2) is 0 Å². The van der Waals surface area contributed by atoms with E-state index in [-0.39, 0.29) is 6.04 Å². The quantitative estimate of drug-likeness (QED) is 0.890. The number of phenols is 1. The van der Waals surface area contributed by atoms with Crippen molar-refractivity contribution in [3.05, 3.63) is 29.8 Å². The number of hydrogen-bond donors (Lipinski definition) is 1. The smallest absolute Gasteiger partial charge is 0.120 e. The van der Waals surface area contributed by atoms with Crippen molar-refractivity contribution >= 4 is 0 Å². The third kappa shape index (κ3) is 2.68. The van der Waals surface area contributed by atoms with Crippen molar-refractivity contribution in [2.75, 3.05) is 26.2 Å². The number of rotatable bonds is 3. The molecule has 3 heteroatoms. The highest BCUT2D eigenvalue weighted by molar-refractivity contribution is 5.34. The second kappa shape index (κ2) is 5.72. The van der Waals surface area contributed by atoms with Crippen LogP contribution in [-0.4, -0.2) is 47.1 Å². The van der Waals surface area contributed by atoms with Crippen LogP contribution in [0.4, 0.5) is 0 Å². The van der Waals surface area contributed by atoms with E-state index in [0.717, 1.165) is 31.7 Å². The lowest BCUT2D eigenvalue weighted by atomic mass is 10.0. The molecule has 2 atom stereocenters. The molecule has 18 heavy (non-hydrogen) atoms. The van der Waals surface area contributed by atoms with Gasteiger partial charge in [-0.2, -0.15) is 0 Å². The van der Waals surface area contributed by atoms with Gasteiger partial charge in [-0.05, 0) is 26.5 Å². The van der Waals surface area contributed by atoms with Crippen LogP contribution in [0.25, 0.3) is 0 Å². The number of para-hydroxylation sites is 1. The fraction of sp³-hybridized carbons (Fsp3) is 0.600. The summed E-state index contributed by atoms with van der Waals surface area (Å²) in [7, 11) is 0. The predicted octanol–water partition coefficient (Wildman–Crippen LogP) is 2.48. The third-order valence-corrected chi connectivity index (χ3v) is 4.14. The van der Waals surface area contributed by atoms with Crippen molar-refractivity contribution in [2.45, 2.75) is 32.9 Å². The van der Waals surface area contributed by atoms with E-state index in [0.29, 0.717) is 11.8 Å². The number of aromatic hydroxyl groups is 1. The minimum atomic E-state index is 0.285. The standard InChI is InChI=1S/C15H24N2O/c1-4-16-9-10-17(11-12(16)2)13(3)14-7-5-6-8-15(14)18/h5-8,12-13,18H,4,9-11H2,1-3H3. The van der Waals surface area contributed by atoms with Crippen molar-refractivity contribution in [1.29, 1.82) is 0 Å². The Kier molecular flexibility index (Phi) is 4.25. The number of piperazine rings is 1. The number of benzene rings is 1. The first-order chi connectivity index (χ1) is 8.63. The Morgan fingerprint density at radius 3 is 2.67 bits per heavy atom. The average molecular weight is 248 g/mol. The lowest BCUT2D eigenvalue weighted by molar-refractivity contribution is 0.0629. The summed E-state index contributed by atoms with van der Waals surface area (Å²) in [6.07, 6.45) is 0. The molecule has 1 aromatic carbocycles. The second-order valence-corrected chi connectivity index (χ2v) is 5.21. The van der Waals surface area contributed by atoms with Crippen LogP contribution in [0.1, 0.15) is 32.4 Å². The molecular weight excluding hydrogens is 224 g/mol. The molecule has 1 saturated heterocycles. The molecule has 0 radical (unpaired) electrons. The average Bonchev–Trinajstić information content (AvgIpc) is 2.38. The number of nitrogens with zero attached hydrogens (tertiary/aromatic N) is 2. The van der Waals surface area contributed by atoms with Gasteiger partial charge in [0.25, 0.3) is 0 Å². The largest absolute Gasteiger partial charge is 0.508 e. The van der Waals surface area contributed by atoms with Crippen LogP contribution in [0.3, 0.4) is 0 Å². The van der Waals surface area contributed by atoms with Crippen LogP contribution in [0, 0.1) is 0 Å². The first kappa shape index (κ1) is 13.4. The van der Waals surface area contributed by atoms with Crippen LogP contribution in [0.5, 0.6) is 5.75 Å². The maximum absolute atomic E-state index is 9.94. The molecule has 0 aliphatic carbocycles. The molecule has 0 aromatic heterocycles. The summed E-state index contributed by atoms with van der Waals surface area (Å²) in [6.45, 7) is 11.1. The second-order valence-electron chi connectivity index (χ2n) is 5.21. The van der Waals surface area contributed by atoms with Gasteiger partial charge in [0, 0.05) is 37.3 Å². The Labute approximate surface area is 110 Å². The molecule has 3 nitrogen and oxygen atoms in total. The lowest BCUT2D eigenvalue weighted by Gasteiger charge is -2.42. The zero-order valence-electron chi connectivity index (χ0n) is 11.6. The normalized spacial score (nSPS) is 24.1. The summed E-state index contributed by atoms with van der Waals surface area (Å²) in [4.78, 5) is 4.97. The maximum Gasteiger partial charge on any atom is 0.120 e. The Balaban J connectivity index is 2.07. The van der Waals surface area contributed by atoms with Gasteiger partial charge in [-0.3, -0.25) is 9.80 Å². The molecule has 0 saturated carbocycles. The van der Waals surface area contributed by atoms with E-state index < -0.39 is 0 Å². The molecular formula is C15H24N2O. The van der Waals surface area contributed by atoms with E-state index in [4.69, 9.17) is 0 Å². The topological polar surface area (TPSA) is 26.7 Å². The SMILES string of the molecule is CCN1CCN(C(C)c2ccccc2O)CC1C. The van der Waals surface area contributed by atoms with Crippen LogP contribution in [-0.2, 0) is 0 Å². The number of phenolic OH excluding ortho intramolecular Hbond substituents is 1. The molecule has 0 bridgehead atoms. The van der Waals surface area contributed by atoms with Crippen molar-refractivity contribution < 1.29 is 5.11 Å². The van der Waals surface area contributed by atoms with Gasteiger partial charge in [0.05, 0.1) is 0 Å². The van der Waals surface area contributed by atoms with E-state index in [2.05, 4.69) is 30.6 Å². The van der Waals surface area contributed by atoms with Gasteiger partial charge < -0.3 is 5.11 Å². The fourth-order valence-corrected chi connectivity index (χ4v) is 2.88. The Morgan fingerprint density at radius 2 is 2.06 bits per heavy atom. The van der Waals surface area contributed by atoms with E-state index in [1.807, 2.05) is 18.2 Å². The zero-order chi connectivity index (χ0) is 13.1. The van der Waals surface area contributed by atoms with Gasteiger partial charge in [0.2, 0.25) is 0 Å². The molecule has 1 fully saturated rings. The minimum absolute atomic E-state index is 0.285.